The van der Waals surface area contributed by atoms with Gasteiger partial charge in [-0.25, -0.2) is 8.42 Å². The van der Waals surface area contributed by atoms with Crippen molar-refractivity contribution in [2.45, 2.75) is 24.8 Å². The first-order chi connectivity index (χ1) is 14.5. The summed E-state index contributed by atoms with van der Waals surface area (Å²) >= 11 is 0. The Bertz CT molecular complexity index is 906. The molecule has 6 nitrogen and oxygen atoms in total. The van der Waals surface area contributed by atoms with Gasteiger partial charge in [0.05, 0.1) is 10.6 Å². The molecule has 7 heteroatoms. The Balaban J connectivity index is 1.34. The van der Waals surface area contributed by atoms with Gasteiger partial charge in [-0.05, 0) is 42.8 Å². The van der Waals surface area contributed by atoms with Crippen molar-refractivity contribution in [3.8, 4) is 0 Å². The Morgan fingerprint density at radius 1 is 0.933 bits per heavy atom. The molecule has 0 saturated carbocycles. The first-order valence-corrected chi connectivity index (χ1v) is 12.2. The minimum Gasteiger partial charge on any atom is -0.352 e. The average molecular weight is 430 g/mol. The van der Waals surface area contributed by atoms with Crippen molar-refractivity contribution >= 4 is 15.7 Å². The molecule has 0 aliphatic carbocycles. The number of sulfone groups is 1. The molecule has 0 atom stereocenters. The van der Waals surface area contributed by atoms with Gasteiger partial charge >= 0.3 is 0 Å². The summed E-state index contributed by atoms with van der Waals surface area (Å²) in [6.07, 6.45) is 0.896. The lowest BCUT2D eigenvalue weighted by molar-refractivity contribution is 0.0947. The van der Waals surface area contributed by atoms with Gasteiger partial charge in [-0.3, -0.25) is 9.69 Å². The van der Waals surface area contributed by atoms with Crippen LogP contribution in [0.25, 0.3) is 0 Å². The van der Waals surface area contributed by atoms with Gasteiger partial charge in [0, 0.05) is 44.8 Å². The molecule has 0 unspecified atom stereocenters. The fourth-order valence-corrected chi connectivity index (χ4v) is 4.48. The first kappa shape index (κ1) is 22.5. The highest BCUT2D eigenvalue weighted by atomic mass is 32.2. The molecule has 1 aliphatic heterocycles. The number of benzene rings is 2. The van der Waals surface area contributed by atoms with E-state index in [1.54, 1.807) is 19.1 Å². The lowest BCUT2D eigenvalue weighted by Gasteiger charge is -2.34. The molecule has 1 N–H and O–H groups in total. The van der Waals surface area contributed by atoms with Gasteiger partial charge in [0.25, 0.3) is 5.91 Å². The Kier molecular flexibility index (Phi) is 8.01. The molecule has 0 aromatic heterocycles. The molecule has 1 heterocycles. The van der Waals surface area contributed by atoms with Gasteiger partial charge in [0.1, 0.15) is 0 Å². The smallest absolute Gasteiger partial charge is 0.251 e. The summed E-state index contributed by atoms with van der Waals surface area (Å²) in [6.45, 7) is 8.41. The van der Waals surface area contributed by atoms with Gasteiger partial charge in [-0.2, -0.15) is 0 Å². The number of piperazine rings is 1. The fourth-order valence-electron chi connectivity index (χ4n) is 3.60. The van der Waals surface area contributed by atoms with Crippen molar-refractivity contribution in [3.63, 3.8) is 0 Å². The van der Waals surface area contributed by atoms with Crippen molar-refractivity contribution in [2.24, 2.45) is 0 Å². The minimum absolute atomic E-state index is 0.0546. The molecule has 1 aliphatic rings. The van der Waals surface area contributed by atoms with Gasteiger partial charge in [-0.15, -0.1) is 0 Å². The Morgan fingerprint density at radius 3 is 2.20 bits per heavy atom. The molecule has 0 bridgehead atoms. The maximum absolute atomic E-state index is 12.3. The summed E-state index contributed by atoms with van der Waals surface area (Å²) in [5.41, 5.74) is 1.84. The van der Waals surface area contributed by atoms with Crippen LogP contribution in [0.2, 0.25) is 0 Å². The van der Waals surface area contributed by atoms with Crippen LogP contribution < -0.4 is 5.32 Å². The van der Waals surface area contributed by atoms with Crippen LogP contribution in [0.5, 0.6) is 0 Å². The normalized spacial score (nSPS) is 15.8. The van der Waals surface area contributed by atoms with Crippen molar-refractivity contribution in [3.05, 3.63) is 65.7 Å². The van der Waals surface area contributed by atoms with Crippen LogP contribution in [-0.4, -0.2) is 69.1 Å². The molecule has 1 saturated heterocycles. The largest absolute Gasteiger partial charge is 0.352 e. The highest BCUT2D eigenvalue weighted by Gasteiger charge is 2.17. The summed E-state index contributed by atoms with van der Waals surface area (Å²) in [5, 5.41) is 2.93. The summed E-state index contributed by atoms with van der Waals surface area (Å²) in [4.78, 5) is 17.4. The average Bonchev–Trinajstić information content (AvgIpc) is 2.78. The third-order valence-corrected chi connectivity index (χ3v) is 7.26. The molecule has 0 spiro atoms. The van der Waals surface area contributed by atoms with E-state index in [1.807, 2.05) is 6.07 Å². The van der Waals surface area contributed by atoms with Gasteiger partial charge < -0.3 is 10.2 Å². The highest BCUT2D eigenvalue weighted by Crippen LogP contribution is 2.12. The Labute approximate surface area is 179 Å². The number of hydrogen-bond acceptors (Lipinski definition) is 5. The Morgan fingerprint density at radius 2 is 1.57 bits per heavy atom. The van der Waals surface area contributed by atoms with Crippen LogP contribution >= 0.6 is 0 Å². The quantitative estimate of drug-likeness (QED) is 0.620. The molecule has 162 valence electrons. The predicted molar refractivity (Wildman–Crippen MR) is 119 cm³/mol. The van der Waals surface area contributed by atoms with Crippen molar-refractivity contribution < 1.29 is 13.2 Å². The standard InChI is InChI=1S/C23H31N3O3S/c1-2-30(28,29)22-11-9-21(10-12-22)23(27)24-13-6-14-25-15-17-26(18-16-25)19-20-7-4-3-5-8-20/h3-5,7-12H,2,6,13-19H2,1H3,(H,24,27). The van der Waals surface area contributed by atoms with Crippen LogP contribution in [0, 0.1) is 0 Å². The second-order valence-electron chi connectivity index (χ2n) is 7.64. The van der Waals surface area contributed by atoms with Crippen molar-refractivity contribution in [1.29, 1.82) is 0 Å². The van der Waals surface area contributed by atoms with Crippen LogP contribution in [0.15, 0.2) is 59.5 Å². The lowest BCUT2D eigenvalue weighted by Crippen LogP contribution is -2.46. The van der Waals surface area contributed by atoms with E-state index in [0.29, 0.717) is 12.1 Å². The topological polar surface area (TPSA) is 69.7 Å². The summed E-state index contributed by atoms with van der Waals surface area (Å²) in [6, 6.07) is 16.7. The van der Waals surface area contributed by atoms with E-state index >= 15 is 0 Å². The number of rotatable bonds is 9. The zero-order valence-corrected chi connectivity index (χ0v) is 18.4. The van der Waals surface area contributed by atoms with E-state index in [4.69, 9.17) is 0 Å². The summed E-state index contributed by atoms with van der Waals surface area (Å²) in [5.74, 6) is -0.109. The SMILES string of the molecule is CCS(=O)(=O)c1ccc(C(=O)NCCCN2CCN(Cc3ccccc3)CC2)cc1. The molecule has 3 rings (SSSR count). The number of amides is 1. The fraction of sp³-hybridized carbons (Fsp3) is 0.435. The summed E-state index contributed by atoms with van der Waals surface area (Å²) < 4.78 is 23.7. The van der Waals surface area contributed by atoms with Crippen molar-refractivity contribution in [1.82, 2.24) is 15.1 Å². The minimum atomic E-state index is -3.24. The molecular formula is C23H31N3O3S. The van der Waals surface area contributed by atoms with Gasteiger partial charge in [-0.1, -0.05) is 37.3 Å². The Hall–Kier alpha value is -2.22. The van der Waals surface area contributed by atoms with E-state index < -0.39 is 9.84 Å². The molecular weight excluding hydrogens is 398 g/mol. The molecule has 2 aromatic carbocycles. The zero-order valence-electron chi connectivity index (χ0n) is 17.6. The first-order valence-electron chi connectivity index (χ1n) is 10.6. The highest BCUT2D eigenvalue weighted by molar-refractivity contribution is 7.91. The van der Waals surface area contributed by atoms with Crippen LogP contribution in [-0.2, 0) is 16.4 Å². The van der Waals surface area contributed by atoms with Crippen LogP contribution in [0.3, 0.4) is 0 Å². The van der Waals surface area contributed by atoms with Crippen molar-refractivity contribution in [2.75, 3.05) is 45.0 Å². The zero-order chi connectivity index (χ0) is 21.4. The second-order valence-corrected chi connectivity index (χ2v) is 9.92. The second kappa shape index (κ2) is 10.7. The summed E-state index contributed by atoms with van der Waals surface area (Å²) in [7, 11) is -3.24. The van der Waals surface area contributed by atoms with Gasteiger partial charge in [0.2, 0.25) is 0 Å². The van der Waals surface area contributed by atoms with E-state index in [-0.39, 0.29) is 16.6 Å². The molecule has 0 radical (unpaired) electrons. The molecule has 1 fully saturated rings. The van der Waals surface area contributed by atoms with E-state index in [9.17, 15) is 13.2 Å². The third-order valence-electron chi connectivity index (χ3n) is 5.51. The molecule has 30 heavy (non-hydrogen) atoms. The van der Waals surface area contributed by atoms with E-state index in [0.717, 1.165) is 45.7 Å². The van der Waals surface area contributed by atoms with E-state index in [2.05, 4.69) is 39.4 Å². The predicted octanol–water partition coefficient (Wildman–Crippen LogP) is 2.42. The lowest BCUT2D eigenvalue weighted by atomic mass is 10.2. The van der Waals surface area contributed by atoms with E-state index in [1.165, 1.54) is 17.7 Å². The monoisotopic (exact) mass is 429 g/mol. The molecule has 1 amide bonds. The number of nitrogens with one attached hydrogen (secondary N) is 1. The third kappa shape index (κ3) is 6.39. The van der Waals surface area contributed by atoms with Gasteiger partial charge in [0.15, 0.2) is 9.84 Å². The maximum atomic E-state index is 12.3. The number of hydrogen-bond donors (Lipinski definition) is 1. The van der Waals surface area contributed by atoms with Crippen LogP contribution in [0.4, 0.5) is 0 Å². The maximum Gasteiger partial charge on any atom is 0.251 e. The number of carbonyl (C=O) groups is 1. The number of carbonyl (C=O) groups excluding carboxylic acids is 1. The number of nitrogens with zero attached hydrogens (tertiary/aromatic N) is 2. The van der Waals surface area contributed by atoms with Crippen LogP contribution in [0.1, 0.15) is 29.3 Å². The molecule has 2 aromatic rings.